The standard InChI is InChI=1S/C16H13BO3/c18-15-10-12(8-9-16(15)20-17-19)14-7-3-5-11-4-1-2-6-13(11)14/h1-10,17-19H. The van der Waals surface area contributed by atoms with Crippen molar-refractivity contribution in [2.45, 2.75) is 0 Å². The Hall–Kier alpha value is -2.46. The molecule has 20 heavy (non-hydrogen) atoms. The second-order valence-corrected chi connectivity index (χ2v) is 4.48. The minimum Gasteiger partial charge on any atom is -0.536 e. The molecule has 0 amide bonds. The summed E-state index contributed by atoms with van der Waals surface area (Å²) in [6, 6.07) is 19.3. The number of phenols is 1. The van der Waals surface area contributed by atoms with Gasteiger partial charge in [-0.05, 0) is 34.0 Å². The zero-order valence-electron chi connectivity index (χ0n) is 10.8. The third-order valence-corrected chi connectivity index (χ3v) is 3.28. The monoisotopic (exact) mass is 264 g/mol. The summed E-state index contributed by atoms with van der Waals surface area (Å²) in [5.41, 5.74) is 1.96. The van der Waals surface area contributed by atoms with Gasteiger partial charge in [0.25, 0.3) is 0 Å². The minimum absolute atomic E-state index is 0.0180. The van der Waals surface area contributed by atoms with Crippen LogP contribution >= 0.6 is 0 Å². The van der Waals surface area contributed by atoms with Gasteiger partial charge in [-0.1, -0.05) is 48.5 Å². The van der Waals surface area contributed by atoms with Gasteiger partial charge in [-0.25, -0.2) is 0 Å². The van der Waals surface area contributed by atoms with Gasteiger partial charge in [-0.3, -0.25) is 0 Å². The summed E-state index contributed by atoms with van der Waals surface area (Å²) in [6.45, 7) is 0. The van der Waals surface area contributed by atoms with Gasteiger partial charge in [0.1, 0.15) is 5.75 Å². The van der Waals surface area contributed by atoms with Gasteiger partial charge in [-0.2, -0.15) is 0 Å². The second kappa shape index (κ2) is 5.27. The molecule has 0 radical (unpaired) electrons. The molecule has 0 bridgehead atoms. The van der Waals surface area contributed by atoms with Gasteiger partial charge >= 0.3 is 7.69 Å². The second-order valence-electron chi connectivity index (χ2n) is 4.48. The van der Waals surface area contributed by atoms with E-state index in [0.29, 0.717) is 0 Å². The van der Waals surface area contributed by atoms with E-state index in [1.165, 1.54) is 0 Å². The van der Waals surface area contributed by atoms with Crippen LogP contribution in [0.4, 0.5) is 0 Å². The van der Waals surface area contributed by atoms with Crippen LogP contribution in [0.5, 0.6) is 11.5 Å². The van der Waals surface area contributed by atoms with E-state index in [1.54, 1.807) is 12.1 Å². The van der Waals surface area contributed by atoms with Crippen molar-refractivity contribution < 1.29 is 14.8 Å². The van der Waals surface area contributed by atoms with Crippen molar-refractivity contribution >= 4 is 18.5 Å². The van der Waals surface area contributed by atoms with E-state index in [0.717, 1.165) is 21.9 Å². The number of hydrogen-bond donors (Lipinski definition) is 2. The highest BCUT2D eigenvalue weighted by Crippen LogP contribution is 2.34. The molecule has 3 aromatic carbocycles. The van der Waals surface area contributed by atoms with Crippen LogP contribution in [-0.4, -0.2) is 17.8 Å². The molecule has 0 saturated carbocycles. The van der Waals surface area contributed by atoms with Crippen molar-refractivity contribution in [1.29, 1.82) is 0 Å². The molecular formula is C16H13BO3. The molecule has 3 nitrogen and oxygen atoms in total. The Morgan fingerprint density at radius 3 is 2.50 bits per heavy atom. The maximum Gasteiger partial charge on any atom is 0.504 e. The largest absolute Gasteiger partial charge is 0.536 e. The zero-order chi connectivity index (χ0) is 13.9. The number of fused-ring (bicyclic) bond motifs is 1. The molecule has 2 N–H and O–H groups in total. The number of benzene rings is 3. The topological polar surface area (TPSA) is 49.7 Å². The van der Waals surface area contributed by atoms with Crippen LogP contribution in [0.15, 0.2) is 60.7 Å². The zero-order valence-corrected chi connectivity index (χ0v) is 10.8. The molecule has 0 aromatic heterocycles. The molecule has 98 valence electrons. The lowest BCUT2D eigenvalue weighted by Crippen LogP contribution is -1.99. The molecule has 0 atom stereocenters. The SMILES string of the molecule is OBOc1ccc(-c2cccc3ccccc23)cc1O. The van der Waals surface area contributed by atoms with E-state index in [2.05, 4.69) is 18.2 Å². The van der Waals surface area contributed by atoms with Crippen LogP contribution in [0.25, 0.3) is 21.9 Å². The fourth-order valence-electron chi connectivity index (χ4n) is 2.35. The van der Waals surface area contributed by atoms with Gasteiger partial charge in [0.15, 0.2) is 5.75 Å². The Bertz CT molecular complexity index is 750. The van der Waals surface area contributed by atoms with Gasteiger partial charge in [0.05, 0.1) is 0 Å². The predicted octanol–water partition coefficient (Wildman–Crippen LogP) is 2.85. The van der Waals surface area contributed by atoms with Crippen LogP contribution in [0, 0.1) is 0 Å². The molecule has 3 rings (SSSR count). The van der Waals surface area contributed by atoms with Crippen LogP contribution in [0.2, 0.25) is 0 Å². The van der Waals surface area contributed by atoms with Crippen molar-refractivity contribution in [3.05, 3.63) is 60.7 Å². The first kappa shape index (κ1) is 12.6. The van der Waals surface area contributed by atoms with Crippen LogP contribution in [0.3, 0.4) is 0 Å². The Morgan fingerprint density at radius 1 is 0.900 bits per heavy atom. The summed E-state index contributed by atoms with van der Waals surface area (Å²) in [5.74, 6) is 0.293. The molecule has 0 fully saturated rings. The number of hydrogen-bond acceptors (Lipinski definition) is 3. The summed E-state index contributed by atoms with van der Waals surface area (Å²) >= 11 is 0. The van der Waals surface area contributed by atoms with Crippen molar-refractivity contribution in [2.75, 3.05) is 0 Å². The molecule has 0 aliphatic rings. The Balaban J connectivity index is 2.14. The number of phenolic OH excluding ortho intramolecular Hbond substituents is 1. The van der Waals surface area contributed by atoms with Crippen LogP contribution < -0.4 is 4.65 Å². The first-order valence-electron chi connectivity index (χ1n) is 6.34. The van der Waals surface area contributed by atoms with Crippen molar-refractivity contribution in [3.8, 4) is 22.6 Å². The molecule has 4 heteroatoms. The smallest absolute Gasteiger partial charge is 0.504 e. The molecule has 0 spiro atoms. The van der Waals surface area contributed by atoms with E-state index in [1.807, 2.05) is 30.3 Å². The minimum atomic E-state index is -0.457. The van der Waals surface area contributed by atoms with Gasteiger partial charge in [0, 0.05) is 0 Å². The number of aromatic hydroxyl groups is 1. The highest BCUT2D eigenvalue weighted by atomic mass is 16.5. The fourth-order valence-corrected chi connectivity index (χ4v) is 2.35. The third kappa shape index (κ3) is 2.21. The van der Waals surface area contributed by atoms with Gasteiger partial charge in [0.2, 0.25) is 0 Å². The molecule has 0 unspecified atom stereocenters. The predicted molar refractivity (Wildman–Crippen MR) is 81.0 cm³/mol. The van der Waals surface area contributed by atoms with Crippen molar-refractivity contribution in [2.24, 2.45) is 0 Å². The summed E-state index contributed by atoms with van der Waals surface area (Å²) in [4.78, 5) is 0. The summed E-state index contributed by atoms with van der Waals surface area (Å²) in [7, 11) is -0.457. The molecule has 0 heterocycles. The lowest BCUT2D eigenvalue weighted by molar-refractivity contribution is 0.410. The first-order chi connectivity index (χ1) is 9.79. The van der Waals surface area contributed by atoms with E-state index in [9.17, 15) is 5.11 Å². The third-order valence-electron chi connectivity index (χ3n) is 3.28. The summed E-state index contributed by atoms with van der Waals surface area (Å²) in [5, 5.41) is 20.9. The van der Waals surface area contributed by atoms with E-state index >= 15 is 0 Å². The Morgan fingerprint density at radius 2 is 1.70 bits per heavy atom. The van der Waals surface area contributed by atoms with Crippen molar-refractivity contribution in [1.82, 2.24) is 0 Å². The molecular weight excluding hydrogens is 251 g/mol. The molecule has 0 aliphatic heterocycles. The Kier molecular flexibility index (Phi) is 3.31. The lowest BCUT2D eigenvalue weighted by atomic mass is 9.98. The first-order valence-corrected chi connectivity index (χ1v) is 6.34. The fraction of sp³-hybridized carbons (Fsp3) is 0. The average molecular weight is 264 g/mol. The maximum atomic E-state index is 9.92. The van der Waals surface area contributed by atoms with Crippen molar-refractivity contribution in [3.63, 3.8) is 0 Å². The molecule has 3 aromatic rings. The summed E-state index contributed by atoms with van der Waals surface area (Å²) in [6.07, 6.45) is 0. The number of rotatable bonds is 3. The van der Waals surface area contributed by atoms with E-state index in [4.69, 9.17) is 9.68 Å². The molecule has 0 aliphatic carbocycles. The highest BCUT2D eigenvalue weighted by molar-refractivity contribution is 6.17. The maximum absolute atomic E-state index is 9.92. The van der Waals surface area contributed by atoms with E-state index < -0.39 is 7.69 Å². The van der Waals surface area contributed by atoms with Crippen LogP contribution in [0.1, 0.15) is 0 Å². The van der Waals surface area contributed by atoms with Gasteiger partial charge < -0.3 is 14.8 Å². The highest BCUT2D eigenvalue weighted by Gasteiger charge is 2.07. The average Bonchev–Trinajstić information content (AvgIpc) is 2.49. The quantitative estimate of drug-likeness (QED) is 0.715. The normalized spacial score (nSPS) is 10.4. The lowest BCUT2D eigenvalue weighted by Gasteiger charge is -2.10. The van der Waals surface area contributed by atoms with Gasteiger partial charge in [-0.15, -0.1) is 0 Å². The Labute approximate surface area is 117 Å². The summed E-state index contributed by atoms with van der Waals surface area (Å²) < 4.78 is 4.92. The van der Waals surface area contributed by atoms with E-state index in [-0.39, 0.29) is 11.5 Å². The van der Waals surface area contributed by atoms with Crippen LogP contribution in [-0.2, 0) is 0 Å². The molecule has 0 saturated heterocycles.